The second-order valence-corrected chi connectivity index (χ2v) is 6.10. The van der Waals surface area contributed by atoms with Crippen LogP contribution in [-0.2, 0) is 11.2 Å². The van der Waals surface area contributed by atoms with E-state index < -0.39 is 23.5 Å². The standard InChI is InChI=1S/C14H23N3O4/c1-7-9-15-12(21-17-9)11(18)10(8(2)3)16-13(19)20-14(4,5)6/h8,10H,7H2,1-6H3,(H,16,19). The van der Waals surface area contributed by atoms with Crippen molar-refractivity contribution < 1.29 is 18.8 Å². The summed E-state index contributed by atoms with van der Waals surface area (Å²) < 4.78 is 10.1. The van der Waals surface area contributed by atoms with E-state index in [1.54, 1.807) is 20.8 Å². The van der Waals surface area contributed by atoms with E-state index in [4.69, 9.17) is 9.26 Å². The van der Waals surface area contributed by atoms with Gasteiger partial charge < -0.3 is 14.6 Å². The average molecular weight is 297 g/mol. The van der Waals surface area contributed by atoms with Crippen LogP contribution in [0.5, 0.6) is 0 Å². The van der Waals surface area contributed by atoms with Gasteiger partial charge in [-0.2, -0.15) is 4.98 Å². The maximum absolute atomic E-state index is 12.4. The van der Waals surface area contributed by atoms with Gasteiger partial charge in [0.05, 0.1) is 0 Å². The molecule has 1 N–H and O–H groups in total. The van der Waals surface area contributed by atoms with Gasteiger partial charge in [-0.15, -0.1) is 0 Å². The maximum atomic E-state index is 12.4. The Kier molecular flexibility index (Phi) is 5.46. The van der Waals surface area contributed by atoms with Crippen LogP contribution >= 0.6 is 0 Å². The Morgan fingerprint density at radius 1 is 1.33 bits per heavy atom. The SMILES string of the molecule is CCc1noc(C(=O)C(NC(=O)OC(C)(C)C)C(C)C)n1. The van der Waals surface area contributed by atoms with Gasteiger partial charge in [0.2, 0.25) is 5.78 Å². The number of nitrogens with zero attached hydrogens (tertiary/aromatic N) is 2. The molecule has 0 aliphatic carbocycles. The average Bonchev–Trinajstić information content (AvgIpc) is 2.81. The smallest absolute Gasteiger partial charge is 0.408 e. The van der Waals surface area contributed by atoms with Crippen LogP contribution in [0.1, 0.15) is 58.1 Å². The zero-order valence-corrected chi connectivity index (χ0v) is 13.4. The number of nitrogens with one attached hydrogen (secondary N) is 1. The number of hydrogen-bond donors (Lipinski definition) is 1. The molecule has 0 aliphatic rings. The van der Waals surface area contributed by atoms with Crippen LogP contribution in [0.3, 0.4) is 0 Å². The van der Waals surface area contributed by atoms with Gasteiger partial charge in [-0.1, -0.05) is 25.9 Å². The summed E-state index contributed by atoms with van der Waals surface area (Å²) in [5, 5.41) is 6.25. The van der Waals surface area contributed by atoms with Crippen molar-refractivity contribution in [2.24, 2.45) is 5.92 Å². The predicted octanol–water partition coefficient (Wildman–Crippen LogP) is 2.36. The molecule has 1 aromatic heterocycles. The molecule has 0 fully saturated rings. The first-order valence-corrected chi connectivity index (χ1v) is 7.00. The van der Waals surface area contributed by atoms with Crippen LogP contribution in [0.4, 0.5) is 4.79 Å². The summed E-state index contributed by atoms with van der Waals surface area (Å²) in [5.74, 6) is -0.190. The van der Waals surface area contributed by atoms with Gasteiger partial charge in [-0.3, -0.25) is 4.79 Å². The van der Waals surface area contributed by atoms with Gasteiger partial charge in [0.1, 0.15) is 11.6 Å². The zero-order chi connectivity index (χ0) is 16.2. The number of Topliss-reactive ketones (excluding diaryl/α,β-unsaturated/α-hetero) is 1. The van der Waals surface area contributed by atoms with E-state index in [1.807, 2.05) is 20.8 Å². The van der Waals surface area contributed by atoms with E-state index in [-0.39, 0.29) is 11.8 Å². The highest BCUT2D eigenvalue weighted by molar-refractivity contribution is 5.98. The van der Waals surface area contributed by atoms with Crippen molar-refractivity contribution >= 4 is 11.9 Å². The second-order valence-electron chi connectivity index (χ2n) is 6.10. The van der Waals surface area contributed by atoms with Crippen LogP contribution in [0.2, 0.25) is 0 Å². The molecule has 0 saturated heterocycles. The molecule has 0 bridgehead atoms. The first-order valence-electron chi connectivity index (χ1n) is 7.00. The lowest BCUT2D eigenvalue weighted by Crippen LogP contribution is -2.46. The normalized spacial score (nSPS) is 13.1. The number of alkyl carbamates (subject to hydrolysis) is 1. The lowest BCUT2D eigenvalue weighted by Gasteiger charge is -2.24. The minimum atomic E-state index is -0.773. The fourth-order valence-corrected chi connectivity index (χ4v) is 1.60. The van der Waals surface area contributed by atoms with Crippen molar-refractivity contribution in [3.63, 3.8) is 0 Å². The number of aryl methyl sites for hydroxylation is 1. The molecule has 0 spiro atoms. The molecule has 1 aromatic rings. The summed E-state index contributed by atoms with van der Waals surface area (Å²) in [6.07, 6.45) is -0.0763. The molecule has 118 valence electrons. The summed E-state index contributed by atoms with van der Waals surface area (Å²) in [4.78, 5) is 28.2. The Morgan fingerprint density at radius 2 is 1.95 bits per heavy atom. The van der Waals surface area contributed by atoms with Crippen molar-refractivity contribution in [1.29, 1.82) is 0 Å². The van der Waals surface area contributed by atoms with Gasteiger partial charge in [0, 0.05) is 6.42 Å². The van der Waals surface area contributed by atoms with E-state index in [0.29, 0.717) is 12.2 Å². The van der Waals surface area contributed by atoms with Gasteiger partial charge in [0.25, 0.3) is 5.89 Å². The lowest BCUT2D eigenvalue weighted by atomic mass is 10.00. The third kappa shape index (κ3) is 5.17. The summed E-state index contributed by atoms with van der Waals surface area (Å²) >= 11 is 0. The molecule has 21 heavy (non-hydrogen) atoms. The fraction of sp³-hybridized carbons (Fsp3) is 0.714. The van der Waals surface area contributed by atoms with Gasteiger partial charge in [-0.05, 0) is 26.7 Å². The van der Waals surface area contributed by atoms with E-state index in [2.05, 4.69) is 15.5 Å². The number of ketones is 1. The number of aromatic nitrogens is 2. The molecule has 1 amide bonds. The molecule has 0 aromatic carbocycles. The Labute approximate surface area is 124 Å². The molecular formula is C14H23N3O4. The monoisotopic (exact) mass is 297 g/mol. The highest BCUT2D eigenvalue weighted by atomic mass is 16.6. The molecule has 0 saturated carbocycles. The number of carbonyl (C=O) groups is 2. The summed E-state index contributed by atoms with van der Waals surface area (Å²) in [6, 6.07) is -0.773. The van der Waals surface area contributed by atoms with Crippen molar-refractivity contribution in [2.45, 2.75) is 59.6 Å². The maximum Gasteiger partial charge on any atom is 0.408 e. The van der Waals surface area contributed by atoms with Crippen molar-refractivity contribution in [2.75, 3.05) is 0 Å². The number of carbonyl (C=O) groups excluding carboxylic acids is 2. The Bertz CT molecular complexity index is 503. The number of amides is 1. The first-order chi connectivity index (χ1) is 9.64. The zero-order valence-electron chi connectivity index (χ0n) is 13.4. The van der Waals surface area contributed by atoms with Crippen LogP contribution < -0.4 is 5.32 Å². The number of ether oxygens (including phenoxy) is 1. The predicted molar refractivity (Wildman–Crippen MR) is 76.0 cm³/mol. The van der Waals surface area contributed by atoms with E-state index in [1.165, 1.54) is 0 Å². The minimum Gasteiger partial charge on any atom is -0.444 e. The quantitative estimate of drug-likeness (QED) is 0.838. The van der Waals surface area contributed by atoms with Gasteiger partial charge >= 0.3 is 6.09 Å². The molecule has 7 heteroatoms. The van der Waals surface area contributed by atoms with E-state index in [0.717, 1.165) is 0 Å². The molecule has 1 unspecified atom stereocenters. The first kappa shape index (κ1) is 17.1. The Hall–Kier alpha value is -1.92. The number of rotatable bonds is 5. The number of hydrogen-bond acceptors (Lipinski definition) is 6. The Morgan fingerprint density at radius 3 is 2.38 bits per heavy atom. The molecule has 1 rings (SSSR count). The van der Waals surface area contributed by atoms with Crippen LogP contribution in [0.15, 0.2) is 4.52 Å². The minimum absolute atomic E-state index is 0.0957. The van der Waals surface area contributed by atoms with Crippen LogP contribution in [0, 0.1) is 5.92 Å². The van der Waals surface area contributed by atoms with Crippen molar-refractivity contribution in [1.82, 2.24) is 15.5 Å². The fourth-order valence-electron chi connectivity index (χ4n) is 1.60. The molecular weight excluding hydrogens is 274 g/mol. The summed E-state index contributed by atoms with van der Waals surface area (Å²) in [6.45, 7) is 10.8. The van der Waals surface area contributed by atoms with E-state index >= 15 is 0 Å². The van der Waals surface area contributed by atoms with Crippen molar-refractivity contribution in [3.8, 4) is 0 Å². The highest BCUT2D eigenvalue weighted by Gasteiger charge is 2.31. The molecule has 1 atom stereocenters. The lowest BCUT2D eigenvalue weighted by molar-refractivity contribution is 0.0471. The molecule has 0 radical (unpaired) electrons. The third-order valence-electron chi connectivity index (χ3n) is 2.62. The summed E-state index contributed by atoms with van der Waals surface area (Å²) in [5.41, 5.74) is -0.630. The second kappa shape index (κ2) is 6.69. The highest BCUT2D eigenvalue weighted by Crippen LogP contribution is 2.12. The van der Waals surface area contributed by atoms with Gasteiger partial charge in [-0.25, -0.2) is 4.79 Å². The Balaban J connectivity index is 2.82. The largest absolute Gasteiger partial charge is 0.444 e. The van der Waals surface area contributed by atoms with Crippen LogP contribution in [-0.4, -0.2) is 33.7 Å². The molecule has 7 nitrogen and oxygen atoms in total. The topological polar surface area (TPSA) is 94.3 Å². The molecule has 0 aliphatic heterocycles. The van der Waals surface area contributed by atoms with E-state index in [9.17, 15) is 9.59 Å². The summed E-state index contributed by atoms with van der Waals surface area (Å²) in [7, 11) is 0. The third-order valence-corrected chi connectivity index (χ3v) is 2.62. The van der Waals surface area contributed by atoms with Gasteiger partial charge in [0.15, 0.2) is 5.82 Å². The molecule has 1 heterocycles. The van der Waals surface area contributed by atoms with Crippen molar-refractivity contribution in [3.05, 3.63) is 11.7 Å². The van der Waals surface area contributed by atoms with Crippen LogP contribution in [0.25, 0.3) is 0 Å².